The molecule has 4 nitrogen and oxygen atoms in total. The highest BCUT2D eigenvalue weighted by molar-refractivity contribution is 5.76. The Morgan fingerprint density at radius 2 is 2.17 bits per heavy atom. The van der Waals surface area contributed by atoms with Crippen LogP contribution in [-0.2, 0) is 11.3 Å². The van der Waals surface area contributed by atoms with Gasteiger partial charge in [0.25, 0.3) is 0 Å². The minimum Gasteiger partial charge on any atom is -0.494 e. The molecule has 0 radical (unpaired) electrons. The molecule has 1 aromatic carbocycles. The van der Waals surface area contributed by atoms with Gasteiger partial charge in [0.15, 0.2) is 0 Å². The second-order valence-corrected chi connectivity index (χ2v) is 6.83. The fourth-order valence-corrected chi connectivity index (χ4v) is 3.05. The number of ether oxygens (including phenoxy) is 1. The number of likely N-dealkylation sites (tertiary alicyclic amines) is 1. The van der Waals surface area contributed by atoms with E-state index in [1.807, 2.05) is 19.1 Å². The summed E-state index contributed by atoms with van der Waals surface area (Å²) in [7, 11) is 0. The summed E-state index contributed by atoms with van der Waals surface area (Å²) in [5.74, 6) is 2.16. The molecular weight excluding hydrogens is 288 g/mol. The molecule has 1 aliphatic rings. The van der Waals surface area contributed by atoms with Crippen LogP contribution in [0.25, 0.3) is 0 Å². The monoisotopic (exact) mass is 318 g/mol. The maximum absolute atomic E-state index is 12.0. The van der Waals surface area contributed by atoms with Crippen molar-refractivity contribution in [3.05, 3.63) is 29.8 Å². The molecule has 0 aliphatic carbocycles. The number of hydrogen-bond acceptors (Lipinski definition) is 3. The molecule has 1 unspecified atom stereocenters. The SMILES string of the molecule is CCOc1ccccc1CN1CCC(CC(=O)NCC(C)C)C1. The molecule has 0 aromatic heterocycles. The number of hydrogen-bond donors (Lipinski definition) is 1. The summed E-state index contributed by atoms with van der Waals surface area (Å²) in [5, 5.41) is 3.02. The molecule has 1 N–H and O–H groups in total. The average Bonchev–Trinajstić information content (AvgIpc) is 2.94. The summed E-state index contributed by atoms with van der Waals surface area (Å²) in [6.07, 6.45) is 1.75. The molecule has 0 saturated carbocycles. The molecular formula is C19H30N2O2. The van der Waals surface area contributed by atoms with E-state index >= 15 is 0 Å². The van der Waals surface area contributed by atoms with Gasteiger partial charge in [-0.2, -0.15) is 0 Å². The quantitative estimate of drug-likeness (QED) is 0.801. The highest BCUT2D eigenvalue weighted by Gasteiger charge is 2.25. The highest BCUT2D eigenvalue weighted by atomic mass is 16.5. The van der Waals surface area contributed by atoms with Gasteiger partial charge < -0.3 is 10.1 Å². The molecule has 1 amide bonds. The van der Waals surface area contributed by atoms with E-state index in [4.69, 9.17) is 4.74 Å². The minimum atomic E-state index is 0.195. The predicted octanol–water partition coefficient (Wildman–Crippen LogP) is 3.07. The van der Waals surface area contributed by atoms with E-state index in [0.29, 0.717) is 24.9 Å². The number of amides is 1. The van der Waals surface area contributed by atoms with Gasteiger partial charge in [0.2, 0.25) is 5.91 Å². The van der Waals surface area contributed by atoms with Gasteiger partial charge in [-0.3, -0.25) is 9.69 Å². The Hall–Kier alpha value is -1.55. The molecule has 1 saturated heterocycles. The van der Waals surface area contributed by atoms with E-state index in [2.05, 4.69) is 36.2 Å². The molecule has 1 aromatic rings. The van der Waals surface area contributed by atoms with Crippen LogP contribution in [0.4, 0.5) is 0 Å². The summed E-state index contributed by atoms with van der Waals surface area (Å²) in [6, 6.07) is 8.24. The number of carbonyl (C=O) groups is 1. The van der Waals surface area contributed by atoms with Crippen molar-refractivity contribution >= 4 is 5.91 Å². The summed E-state index contributed by atoms with van der Waals surface area (Å²) in [4.78, 5) is 14.4. The fourth-order valence-electron chi connectivity index (χ4n) is 3.05. The molecule has 0 spiro atoms. The van der Waals surface area contributed by atoms with Crippen molar-refractivity contribution < 1.29 is 9.53 Å². The van der Waals surface area contributed by atoms with Gasteiger partial charge in [-0.1, -0.05) is 32.0 Å². The van der Waals surface area contributed by atoms with Crippen molar-refractivity contribution in [3.63, 3.8) is 0 Å². The summed E-state index contributed by atoms with van der Waals surface area (Å²) < 4.78 is 5.70. The van der Waals surface area contributed by atoms with Crippen molar-refractivity contribution in [1.29, 1.82) is 0 Å². The zero-order chi connectivity index (χ0) is 16.7. The van der Waals surface area contributed by atoms with Gasteiger partial charge >= 0.3 is 0 Å². The Labute approximate surface area is 140 Å². The van der Waals surface area contributed by atoms with Crippen molar-refractivity contribution in [1.82, 2.24) is 10.2 Å². The van der Waals surface area contributed by atoms with Crippen molar-refractivity contribution in [2.45, 2.75) is 40.2 Å². The lowest BCUT2D eigenvalue weighted by Gasteiger charge is -2.18. The normalized spacial score (nSPS) is 18.3. The Balaban J connectivity index is 1.80. The van der Waals surface area contributed by atoms with Crippen molar-refractivity contribution in [2.24, 2.45) is 11.8 Å². The molecule has 1 fully saturated rings. The van der Waals surface area contributed by atoms with Crippen LogP contribution in [-0.4, -0.2) is 37.0 Å². The van der Waals surface area contributed by atoms with E-state index in [1.54, 1.807) is 0 Å². The standard InChI is InChI=1S/C19H30N2O2/c1-4-23-18-8-6-5-7-17(18)14-21-10-9-16(13-21)11-19(22)20-12-15(2)3/h5-8,15-16H,4,9-14H2,1-3H3,(H,20,22). The van der Waals surface area contributed by atoms with Gasteiger partial charge in [-0.05, 0) is 37.8 Å². The van der Waals surface area contributed by atoms with Crippen LogP contribution >= 0.6 is 0 Å². The van der Waals surface area contributed by atoms with Crippen LogP contribution in [0, 0.1) is 11.8 Å². The highest BCUT2D eigenvalue weighted by Crippen LogP contribution is 2.25. The number of carbonyl (C=O) groups excluding carboxylic acids is 1. The maximum atomic E-state index is 12.0. The fraction of sp³-hybridized carbons (Fsp3) is 0.632. The van der Waals surface area contributed by atoms with E-state index in [1.165, 1.54) is 5.56 Å². The first-order chi connectivity index (χ1) is 11.1. The van der Waals surface area contributed by atoms with Crippen LogP contribution < -0.4 is 10.1 Å². The molecule has 23 heavy (non-hydrogen) atoms. The zero-order valence-corrected chi connectivity index (χ0v) is 14.7. The lowest BCUT2D eigenvalue weighted by atomic mass is 10.0. The Kier molecular flexibility index (Phi) is 6.90. The molecule has 2 rings (SSSR count). The topological polar surface area (TPSA) is 41.6 Å². The number of nitrogens with one attached hydrogen (secondary N) is 1. The number of para-hydroxylation sites is 1. The molecule has 4 heteroatoms. The summed E-state index contributed by atoms with van der Waals surface area (Å²) in [5.41, 5.74) is 1.24. The first-order valence-electron chi connectivity index (χ1n) is 8.78. The molecule has 0 bridgehead atoms. The van der Waals surface area contributed by atoms with Crippen LogP contribution in [0.5, 0.6) is 5.75 Å². The van der Waals surface area contributed by atoms with E-state index in [9.17, 15) is 4.79 Å². The molecule has 1 heterocycles. The number of benzene rings is 1. The van der Waals surface area contributed by atoms with Crippen LogP contribution in [0.2, 0.25) is 0 Å². The lowest BCUT2D eigenvalue weighted by molar-refractivity contribution is -0.122. The van der Waals surface area contributed by atoms with E-state index < -0.39 is 0 Å². The summed E-state index contributed by atoms with van der Waals surface area (Å²) >= 11 is 0. The first kappa shape index (κ1) is 17.8. The summed E-state index contributed by atoms with van der Waals surface area (Å²) in [6.45, 7) is 10.7. The van der Waals surface area contributed by atoms with E-state index in [-0.39, 0.29) is 5.91 Å². The van der Waals surface area contributed by atoms with Gasteiger partial charge in [0, 0.05) is 31.6 Å². The lowest BCUT2D eigenvalue weighted by Crippen LogP contribution is -2.29. The third-order valence-electron chi connectivity index (χ3n) is 4.22. The third kappa shape index (κ3) is 5.87. The number of rotatable bonds is 8. The van der Waals surface area contributed by atoms with E-state index in [0.717, 1.165) is 38.3 Å². The largest absolute Gasteiger partial charge is 0.494 e. The minimum absolute atomic E-state index is 0.195. The van der Waals surface area contributed by atoms with Gasteiger partial charge in [-0.25, -0.2) is 0 Å². The van der Waals surface area contributed by atoms with Gasteiger partial charge in [-0.15, -0.1) is 0 Å². The molecule has 128 valence electrons. The second-order valence-electron chi connectivity index (χ2n) is 6.83. The smallest absolute Gasteiger partial charge is 0.220 e. The molecule has 1 aliphatic heterocycles. The van der Waals surface area contributed by atoms with Gasteiger partial charge in [0.05, 0.1) is 6.61 Å². The average molecular weight is 318 g/mol. The third-order valence-corrected chi connectivity index (χ3v) is 4.22. The maximum Gasteiger partial charge on any atom is 0.220 e. The van der Waals surface area contributed by atoms with Gasteiger partial charge in [0.1, 0.15) is 5.75 Å². The first-order valence-corrected chi connectivity index (χ1v) is 8.78. The van der Waals surface area contributed by atoms with Crippen LogP contribution in [0.1, 0.15) is 39.2 Å². The number of nitrogens with zero attached hydrogens (tertiary/aromatic N) is 1. The van der Waals surface area contributed by atoms with Crippen LogP contribution in [0.15, 0.2) is 24.3 Å². The Morgan fingerprint density at radius 1 is 1.39 bits per heavy atom. The Morgan fingerprint density at radius 3 is 2.91 bits per heavy atom. The Bertz CT molecular complexity index is 502. The van der Waals surface area contributed by atoms with Crippen LogP contribution in [0.3, 0.4) is 0 Å². The predicted molar refractivity (Wildman–Crippen MR) is 93.5 cm³/mol. The van der Waals surface area contributed by atoms with Crippen molar-refractivity contribution in [3.8, 4) is 5.75 Å². The molecule has 1 atom stereocenters. The zero-order valence-electron chi connectivity index (χ0n) is 14.7. The van der Waals surface area contributed by atoms with Crippen molar-refractivity contribution in [2.75, 3.05) is 26.2 Å². The second kappa shape index (κ2) is 8.92.